The van der Waals surface area contributed by atoms with Gasteiger partial charge in [-0.05, 0) is 32.2 Å². The Bertz CT molecular complexity index is 377. The van der Waals surface area contributed by atoms with E-state index in [1.165, 1.54) is 12.1 Å². The standard InChI is InChI=1S/C14H19F2NO/c1-2-5-17-12-3-4-13(9-12)18-14-7-10(15)6-11(16)8-14/h6-8,12-13,17H,2-5,9H2,1H3. The fraction of sp³-hybridized carbons (Fsp3) is 0.571. The van der Waals surface area contributed by atoms with Crippen LogP contribution in [0.5, 0.6) is 5.75 Å². The molecule has 2 unspecified atom stereocenters. The van der Waals surface area contributed by atoms with Crippen molar-refractivity contribution in [3.05, 3.63) is 29.8 Å². The number of ether oxygens (including phenoxy) is 1. The molecule has 1 fully saturated rings. The highest BCUT2D eigenvalue weighted by Gasteiger charge is 2.25. The zero-order valence-corrected chi connectivity index (χ0v) is 10.6. The van der Waals surface area contributed by atoms with Gasteiger partial charge in [0.2, 0.25) is 0 Å². The average Bonchev–Trinajstić information content (AvgIpc) is 2.72. The number of halogens is 2. The van der Waals surface area contributed by atoms with Crippen molar-refractivity contribution in [2.24, 2.45) is 0 Å². The molecule has 1 aromatic carbocycles. The Labute approximate surface area is 106 Å². The van der Waals surface area contributed by atoms with Crippen LogP contribution in [0.25, 0.3) is 0 Å². The van der Waals surface area contributed by atoms with E-state index in [0.717, 1.165) is 38.3 Å². The maximum atomic E-state index is 13.0. The molecule has 1 aliphatic rings. The van der Waals surface area contributed by atoms with Crippen molar-refractivity contribution in [3.63, 3.8) is 0 Å². The van der Waals surface area contributed by atoms with Gasteiger partial charge in [-0.2, -0.15) is 0 Å². The average molecular weight is 255 g/mol. The molecule has 0 saturated heterocycles. The molecule has 0 aliphatic heterocycles. The van der Waals surface area contributed by atoms with Crippen molar-refractivity contribution in [1.82, 2.24) is 5.32 Å². The van der Waals surface area contributed by atoms with Gasteiger partial charge in [-0.1, -0.05) is 6.92 Å². The second-order valence-electron chi connectivity index (χ2n) is 4.81. The minimum absolute atomic E-state index is 0.0561. The van der Waals surface area contributed by atoms with Crippen LogP contribution in [0.3, 0.4) is 0 Å². The molecule has 0 bridgehead atoms. The molecule has 0 radical (unpaired) electrons. The first-order chi connectivity index (χ1) is 8.67. The van der Waals surface area contributed by atoms with Gasteiger partial charge in [-0.3, -0.25) is 0 Å². The van der Waals surface area contributed by atoms with Gasteiger partial charge in [0.25, 0.3) is 0 Å². The van der Waals surface area contributed by atoms with Crippen molar-refractivity contribution in [3.8, 4) is 5.75 Å². The Kier molecular flexibility index (Phi) is 4.53. The van der Waals surface area contributed by atoms with Gasteiger partial charge < -0.3 is 10.1 Å². The Morgan fingerprint density at radius 1 is 1.22 bits per heavy atom. The molecular formula is C14H19F2NO. The van der Waals surface area contributed by atoms with Crippen molar-refractivity contribution in [2.45, 2.75) is 44.8 Å². The van der Waals surface area contributed by atoms with E-state index < -0.39 is 11.6 Å². The number of hydrogen-bond acceptors (Lipinski definition) is 2. The fourth-order valence-corrected chi connectivity index (χ4v) is 2.37. The molecule has 0 heterocycles. The third-order valence-electron chi connectivity index (χ3n) is 3.21. The predicted molar refractivity (Wildman–Crippen MR) is 66.7 cm³/mol. The first kappa shape index (κ1) is 13.3. The number of nitrogens with one attached hydrogen (secondary N) is 1. The summed E-state index contributed by atoms with van der Waals surface area (Å²) in [5.41, 5.74) is 0. The van der Waals surface area contributed by atoms with Crippen LogP contribution in [-0.4, -0.2) is 18.7 Å². The summed E-state index contributed by atoms with van der Waals surface area (Å²) in [6.07, 6.45) is 4.05. The zero-order valence-electron chi connectivity index (χ0n) is 10.6. The maximum absolute atomic E-state index is 13.0. The van der Waals surface area contributed by atoms with Crippen LogP contribution in [-0.2, 0) is 0 Å². The fourth-order valence-electron chi connectivity index (χ4n) is 2.37. The Balaban J connectivity index is 1.87. The van der Waals surface area contributed by atoms with Crippen LogP contribution in [0, 0.1) is 11.6 Å². The Morgan fingerprint density at radius 2 is 1.94 bits per heavy atom. The molecule has 0 amide bonds. The van der Waals surface area contributed by atoms with Crippen molar-refractivity contribution in [2.75, 3.05) is 6.54 Å². The van der Waals surface area contributed by atoms with Crippen LogP contribution in [0.4, 0.5) is 8.78 Å². The lowest BCUT2D eigenvalue weighted by atomic mass is 10.2. The van der Waals surface area contributed by atoms with E-state index in [9.17, 15) is 8.78 Å². The lowest BCUT2D eigenvalue weighted by Crippen LogP contribution is -2.28. The van der Waals surface area contributed by atoms with E-state index in [1.807, 2.05) is 0 Å². The second kappa shape index (κ2) is 6.14. The summed E-state index contributed by atoms with van der Waals surface area (Å²) in [7, 11) is 0. The van der Waals surface area contributed by atoms with E-state index in [0.29, 0.717) is 6.04 Å². The van der Waals surface area contributed by atoms with Gasteiger partial charge in [0.15, 0.2) is 0 Å². The first-order valence-corrected chi connectivity index (χ1v) is 6.53. The summed E-state index contributed by atoms with van der Waals surface area (Å²) in [5, 5.41) is 3.44. The van der Waals surface area contributed by atoms with Crippen LogP contribution < -0.4 is 10.1 Å². The molecule has 18 heavy (non-hydrogen) atoms. The zero-order chi connectivity index (χ0) is 13.0. The normalized spacial score (nSPS) is 23.3. The maximum Gasteiger partial charge on any atom is 0.129 e. The third kappa shape index (κ3) is 3.67. The highest BCUT2D eigenvalue weighted by Crippen LogP contribution is 2.25. The Morgan fingerprint density at radius 3 is 2.61 bits per heavy atom. The van der Waals surface area contributed by atoms with Gasteiger partial charge in [0.05, 0.1) is 0 Å². The van der Waals surface area contributed by atoms with E-state index >= 15 is 0 Å². The van der Waals surface area contributed by atoms with Crippen LogP contribution in [0.15, 0.2) is 18.2 Å². The highest BCUT2D eigenvalue weighted by molar-refractivity contribution is 5.24. The largest absolute Gasteiger partial charge is 0.490 e. The summed E-state index contributed by atoms with van der Waals surface area (Å²) in [6, 6.07) is 3.78. The SMILES string of the molecule is CCCNC1CCC(Oc2cc(F)cc(F)c2)C1. The van der Waals surface area contributed by atoms with E-state index in [4.69, 9.17) is 4.74 Å². The molecule has 1 aliphatic carbocycles. The number of benzene rings is 1. The van der Waals surface area contributed by atoms with E-state index in [1.54, 1.807) is 0 Å². The molecular weight excluding hydrogens is 236 g/mol. The molecule has 4 heteroatoms. The highest BCUT2D eigenvalue weighted by atomic mass is 19.1. The lowest BCUT2D eigenvalue weighted by Gasteiger charge is -2.15. The van der Waals surface area contributed by atoms with Crippen molar-refractivity contribution < 1.29 is 13.5 Å². The van der Waals surface area contributed by atoms with Crippen LogP contribution in [0.1, 0.15) is 32.6 Å². The minimum Gasteiger partial charge on any atom is -0.490 e. The monoisotopic (exact) mass is 255 g/mol. The number of rotatable bonds is 5. The molecule has 2 atom stereocenters. The summed E-state index contributed by atoms with van der Waals surface area (Å²) in [5.74, 6) is -0.902. The van der Waals surface area contributed by atoms with E-state index in [2.05, 4.69) is 12.2 Å². The molecule has 0 aromatic heterocycles. The first-order valence-electron chi connectivity index (χ1n) is 6.53. The lowest BCUT2D eigenvalue weighted by molar-refractivity contribution is 0.204. The van der Waals surface area contributed by atoms with Gasteiger partial charge in [-0.25, -0.2) is 8.78 Å². The topological polar surface area (TPSA) is 21.3 Å². The minimum atomic E-state index is -0.594. The van der Waals surface area contributed by atoms with E-state index in [-0.39, 0.29) is 11.9 Å². The molecule has 1 N–H and O–H groups in total. The summed E-state index contributed by atoms with van der Waals surface area (Å²) in [6.45, 7) is 3.14. The van der Waals surface area contributed by atoms with Gasteiger partial charge >= 0.3 is 0 Å². The quantitative estimate of drug-likeness (QED) is 0.872. The van der Waals surface area contributed by atoms with Crippen molar-refractivity contribution in [1.29, 1.82) is 0 Å². The molecule has 2 nitrogen and oxygen atoms in total. The summed E-state index contributed by atoms with van der Waals surface area (Å²) >= 11 is 0. The summed E-state index contributed by atoms with van der Waals surface area (Å²) in [4.78, 5) is 0. The van der Waals surface area contributed by atoms with Gasteiger partial charge in [0.1, 0.15) is 23.5 Å². The molecule has 0 spiro atoms. The molecule has 1 aromatic rings. The predicted octanol–water partition coefficient (Wildman–Crippen LogP) is 3.26. The Hall–Kier alpha value is -1.16. The number of hydrogen-bond donors (Lipinski definition) is 1. The van der Waals surface area contributed by atoms with Gasteiger partial charge in [-0.15, -0.1) is 0 Å². The third-order valence-corrected chi connectivity index (χ3v) is 3.21. The summed E-state index contributed by atoms with van der Waals surface area (Å²) < 4.78 is 31.7. The van der Waals surface area contributed by atoms with Crippen LogP contribution >= 0.6 is 0 Å². The second-order valence-corrected chi connectivity index (χ2v) is 4.81. The van der Waals surface area contributed by atoms with Crippen molar-refractivity contribution >= 4 is 0 Å². The molecule has 100 valence electrons. The molecule has 1 saturated carbocycles. The smallest absolute Gasteiger partial charge is 0.129 e. The van der Waals surface area contributed by atoms with Crippen LogP contribution in [0.2, 0.25) is 0 Å². The molecule has 2 rings (SSSR count). The van der Waals surface area contributed by atoms with Gasteiger partial charge in [0, 0.05) is 24.2 Å².